The maximum atomic E-state index is 9.59. The van der Waals surface area contributed by atoms with E-state index in [0.29, 0.717) is 16.5 Å². The first-order chi connectivity index (χ1) is 13.1. The van der Waals surface area contributed by atoms with Crippen LogP contribution in [0.2, 0.25) is 0 Å². The average molecular weight is 375 g/mol. The number of nitriles is 1. The van der Waals surface area contributed by atoms with Gasteiger partial charge in [0.1, 0.15) is 22.4 Å². The monoisotopic (exact) mass is 375 g/mol. The Morgan fingerprint density at radius 2 is 2.04 bits per heavy atom. The van der Waals surface area contributed by atoms with Crippen molar-refractivity contribution in [3.63, 3.8) is 0 Å². The number of hydrogen-bond acceptors (Lipinski definition) is 5. The topological polar surface area (TPSA) is 57.9 Å². The number of nitrogens with zero attached hydrogens (tertiary/aromatic N) is 2. The second-order valence-electron chi connectivity index (χ2n) is 6.33. The van der Waals surface area contributed by atoms with E-state index in [9.17, 15) is 5.26 Å². The summed E-state index contributed by atoms with van der Waals surface area (Å²) in [7, 11) is 1.64. The number of hydrogen-bond donors (Lipinski definition) is 1. The molecule has 0 bridgehead atoms. The molecule has 0 amide bonds. The summed E-state index contributed by atoms with van der Waals surface area (Å²) in [5, 5.41) is 15.5. The van der Waals surface area contributed by atoms with Gasteiger partial charge in [0.05, 0.1) is 12.8 Å². The van der Waals surface area contributed by atoms with E-state index in [1.54, 1.807) is 13.3 Å². The molecule has 0 spiro atoms. The van der Waals surface area contributed by atoms with E-state index in [1.807, 2.05) is 47.8 Å². The molecular weight excluding hydrogens is 354 g/mol. The van der Waals surface area contributed by atoms with E-state index >= 15 is 0 Å². The molecule has 0 unspecified atom stereocenters. The predicted molar refractivity (Wildman–Crippen MR) is 112 cm³/mol. The van der Waals surface area contributed by atoms with E-state index in [-0.39, 0.29) is 0 Å². The molecule has 0 aliphatic heterocycles. The molecule has 1 aromatic heterocycles. The molecule has 1 heterocycles. The van der Waals surface area contributed by atoms with Gasteiger partial charge in [-0.1, -0.05) is 44.2 Å². The van der Waals surface area contributed by atoms with Gasteiger partial charge in [0.2, 0.25) is 0 Å². The van der Waals surface area contributed by atoms with Crippen molar-refractivity contribution in [2.75, 3.05) is 12.4 Å². The van der Waals surface area contributed by atoms with Crippen LogP contribution in [0.3, 0.4) is 0 Å². The third-order valence-electron chi connectivity index (χ3n) is 4.18. The quantitative estimate of drug-likeness (QED) is 0.543. The lowest BCUT2D eigenvalue weighted by atomic mass is 10.0. The Bertz CT molecular complexity index is 999. The van der Waals surface area contributed by atoms with Crippen molar-refractivity contribution in [2.24, 2.45) is 0 Å². The van der Waals surface area contributed by atoms with Crippen molar-refractivity contribution < 1.29 is 4.74 Å². The fourth-order valence-electron chi connectivity index (χ4n) is 2.74. The Morgan fingerprint density at radius 3 is 2.78 bits per heavy atom. The molecule has 1 N–H and O–H groups in total. The Morgan fingerprint density at radius 1 is 1.22 bits per heavy atom. The molecule has 0 fully saturated rings. The van der Waals surface area contributed by atoms with E-state index in [2.05, 4.69) is 36.3 Å². The van der Waals surface area contributed by atoms with Gasteiger partial charge in [-0.3, -0.25) is 0 Å². The standard InChI is InChI=1S/C22H21N3OS/c1-15(2)19-9-4-5-10-20(19)24-13-17(12-23)22-25-21(14-27-22)16-7-6-8-18(11-16)26-3/h4-11,13-15,24H,1-3H3/b17-13+. The van der Waals surface area contributed by atoms with E-state index in [4.69, 9.17) is 4.74 Å². The van der Waals surface area contributed by atoms with Crippen LogP contribution in [0.5, 0.6) is 5.75 Å². The van der Waals surface area contributed by atoms with Gasteiger partial charge >= 0.3 is 0 Å². The number of benzene rings is 2. The molecule has 2 aromatic carbocycles. The molecule has 27 heavy (non-hydrogen) atoms. The van der Waals surface area contributed by atoms with E-state index in [1.165, 1.54) is 16.9 Å². The van der Waals surface area contributed by atoms with Crippen molar-refractivity contribution in [3.05, 3.63) is 70.7 Å². The van der Waals surface area contributed by atoms with Gasteiger partial charge in [-0.05, 0) is 29.7 Å². The molecule has 0 saturated heterocycles. The number of thiazole rings is 1. The number of ether oxygens (including phenoxy) is 1. The molecule has 136 valence electrons. The Labute approximate surface area is 163 Å². The fourth-order valence-corrected chi connectivity index (χ4v) is 3.53. The highest BCUT2D eigenvalue weighted by Crippen LogP contribution is 2.29. The lowest BCUT2D eigenvalue weighted by Crippen LogP contribution is -1.97. The maximum Gasteiger partial charge on any atom is 0.136 e. The second-order valence-corrected chi connectivity index (χ2v) is 7.18. The highest BCUT2D eigenvalue weighted by atomic mass is 32.1. The molecule has 0 radical (unpaired) electrons. The largest absolute Gasteiger partial charge is 0.497 e. The summed E-state index contributed by atoms with van der Waals surface area (Å²) in [5.41, 5.74) is 4.52. The van der Waals surface area contributed by atoms with Crippen molar-refractivity contribution >= 4 is 22.6 Å². The number of aromatic nitrogens is 1. The smallest absolute Gasteiger partial charge is 0.136 e. The molecule has 4 nitrogen and oxygen atoms in total. The Hall–Kier alpha value is -3.10. The van der Waals surface area contributed by atoms with Gasteiger partial charge < -0.3 is 10.1 Å². The molecule has 0 saturated carbocycles. The second kappa shape index (κ2) is 8.52. The molecule has 3 rings (SSSR count). The zero-order valence-electron chi connectivity index (χ0n) is 15.6. The van der Waals surface area contributed by atoms with Gasteiger partial charge in [0.15, 0.2) is 0 Å². The summed E-state index contributed by atoms with van der Waals surface area (Å²) in [6, 6.07) is 18.1. The van der Waals surface area contributed by atoms with Crippen LogP contribution >= 0.6 is 11.3 Å². The number of methoxy groups -OCH3 is 1. The molecule has 3 aromatic rings. The van der Waals surface area contributed by atoms with E-state index < -0.39 is 0 Å². The minimum Gasteiger partial charge on any atom is -0.497 e. The average Bonchev–Trinajstić information content (AvgIpc) is 3.19. The summed E-state index contributed by atoms with van der Waals surface area (Å²) in [5.74, 6) is 1.18. The predicted octanol–water partition coefficient (Wildman–Crippen LogP) is 5.92. The minimum atomic E-state index is 0.396. The van der Waals surface area contributed by atoms with Crippen molar-refractivity contribution in [2.45, 2.75) is 19.8 Å². The normalized spacial score (nSPS) is 11.3. The van der Waals surface area contributed by atoms with Gasteiger partial charge in [-0.2, -0.15) is 5.26 Å². The van der Waals surface area contributed by atoms with Crippen molar-refractivity contribution in [3.8, 4) is 23.1 Å². The first-order valence-electron chi connectivity index (χ1n) is 8.68. The van der Waals surface area contributed by atoms with Gasteiger partial charge in [-0.15, -0.1) is 11.3 Å². The van der Waals surface area contributed by atoms with Crippen LogP contribution in [0.1, 0.15) is 30.3 Å². The van der Waals surface area contributed by atoms with Crippen LogP contribution in [-0.4, -0.2) is 12.1 Å². The zero-order valence-corrected chi connectivity index (χ0v) is 16.4. The van der Waals surface area contributed by atoms with Crippen LogP contribution in [-0.2, 0) is 0 Å². The van der Waals surface area contributed by atoms with E-state index in [0.717, 1.165) is 22.7 Å². The molecule has 0 aliphatic carbocycles. The number of anilines is 1. The number of rotatable bonds is 6. The third kappa shape index (κ3) is 4.36. The van der Waals surface area contributed by atoms with Gasteiger partial charge in [0.25, 0.3) is 0 Å². The Balaban J connectivity index is 1.86. The van der Waals surface area contributed by atoms with Crippen molar-refractivity contribution in [1.82, 2.24) is 4.98 Å². The number of nitrogens with one attached hydrogen (secondary N) is 1. The lowest BCUT2D eigenvalue weighted by Gasteiger charge is -2.12. The van der Waals surface area contributed by atoms with Crippen LogP contribution in [0.15, 0.2) is 60.1 Å². The summed E-state index contributed by atoms with van der Waals surface area (Å²) < 4.78 is 5.27. The first kappa shape index (κ1) is 18.7. The van der Waals surface area contributed by atoms with Crippen LogP contribution in [0, 0.1) is 11.3 Å². The molecule has 5 heteroatoms. The van der Waals surface area contributed by atoms with Gasteiger partial charge in [0, 0.05) is 22.8 Å². The first-order valence-corrected chi connectivity index (χ1v) is 9.56. The van der Waals surface area contributed by atoms with Crippen molar-refractivity contribution in [1.29, 1.82) is 5.26 Å². The minimum absolute atomic E-state index is 0.396. The maximum absolute atomic E-state index is 9.59. The fraction of sp³-hybridized carbons (Fsp3) is 0.182. The van der Waals surface area contributed by atoms with Crippen LogP contribution in [0.4, 0.5) is 5.69 Å². The van der Waals surface area contributed by atoms with Crippen LogP contribution in [0.25, 0.3) is 16.8 Å². The number of allylic oxidation sites excluding steroid dienone is 1. The van der Waals surface area contributed by atoms with Gasteiger partial charge in [-0.25, -0.2) is 4.98 Å². The zero-order chi connectivity index (χ0) is 19.2. The Kier molecular flexibility index (Phi) is 5.90. The molecule has 0 atom stereocenters. The highest BCUT2D eigenvalue weighted by Gasteiger charge is 2.10. The summed E-state index contributed by atoms with van der Waals surface area (Å²) in [6.07, 6.45) is 1.73. The molecular formula is C22H21N3OS. The number of para-hydroxylation sites is 1. The van der Waals surface area contributed by atoms with Crippen LogP contribution < -0.4 is 10.1 Å². The lowest BCUT2D eigenvalue weighted by molar-refractivity contribution is 0.415. The third-order valence-corrected chi connectivity index (χ3v) is 5.05. The summed E-state index contributed by atoms with van der Waals surface area (Å²) >= 11 is 1.45. The summed E-state index contributed by atoms with van der Waals surface area (Å²) in [6.45, 7) is 4.30. The summed E-state index contributed by atoms with van der Waals surface area (Å²) in [4.78, 5) is 4.63. The highest BCUT2D eigenvalue weighted by molar-refractivity contribution is 7.11. The SMILES string of the molecule is COc1cccc(-c2csc(/C(C#N)=C/Nc3ccccc3C(C)C)n2)c1. The molecule has 0 aliphatic rings.